The molecule has 0 aliphatic carbocycles. The Morgan fingerprint density at radius 1 is 1.11 bits per heavy atom. The zero-order chi connectivity index (χ0) is 13.3. The maximum Gasteiger partial charge on any atom is 0.159 e. The predicted octanol–water partition coefficient (Wildman–Crippen LogP) is 3.47. The molecular formula is C15H19N3. The molecular weight excluding hydrogens is 222 g/mol. The smallest absolute Gasteiger partial charge is 0.159 e. The number of nitrogen functional groups attached to an aromatic ring is 1. The van der Waals surface area contributed by atoms with Gasteiger partial charge in [-0.2, -0.15) is 0 Å². The van der Waals surface area contributed by atoms with Crippen molar-refractivity contribution in [1.29, 1.82) is 0 Å². The van der Waals surface area contributed by atoms with E-state index in [1.165, 1.54) is 0 Å². The summed E-state index contributed by atoms with van der Waals surface area (Å²) >= 11 is 0. The van der Waals surface area contributed by atoms with E-state index in [1.54, 1.807) is 0 Å². The highest BCUT2D eigenvalue weighted by molar-refractivity contribution is 5.67. The number of nitrogens with two attached hydrogens (primary N) is 1. The van der Waals surface area contributed by atoms with Crippen molar-refractivity contribution < 1.29 is 0 Å². The quantitative estimate of drug-likeness (QED) is 0.819. The first kappa shape index (κ1) is 12.6. The molecule has 0 atom stereocenters. The first-order valence-corrected chi connectivity index (χ1v) is 6.20. The molecule has 0 saturated heterocycles. The summed E-state index contributed by atoms with van der Waals surface area (Å²) in [6, 6.07) is 7.90. The van der Waals surface area contributed by atoms with E-state index in [1.807, 2.05) is 38.1 Å². The molecule has 0 saturated carbocycles. The number of aryl methyl sites for hydroxylation is 1. The van der Waals surface area contributed by atoms with Crippen LogP contribution in [-0.2, 0) is 0 Å². The highest BCUT2D eigenvalue weighted by Crippen LogP contribution is 2.25. The molecule has 1 aromatic heterocycles. The van der Waals surface area contributed by atoms with Crippen LogP contribution in [-0.4, -0.2) is 9.97 Å². The third-order valence-corrected chi connectivity index (χ3v) is 3.08. The normalized spacial score (nSPS) is 10.9. The molecule has 3 heteroatoms. The van der Waals surface area contributed by atoms with Crippen molar-refractivity contribution in [2.24, 2.45) is 0 Å². The van der Waals surface area contributed by atoms with E-state index < -0.39 is 0 Å². The Labute approximate surface area is 108 Å². The van der Waals surface area contributed by atoms with E-state index in [0.717, 1.165) is 34.0 Å². The molecule has 94 valence electrons. The van der Waals surface area contributed by atoms with Crippen LogP contribution in [0.2, 0.25) is 0 Å². The van der Waals surface area contributed by atoms with Crippen molar-refractivity contribution in [1.82, 2.24) is 9.97 Å². The molecule has 0 amide bonds. The van der Waals surface area contributed by atoms with Crippen molar-refractivity contribution in [3.63, 3.8) is 0 Å². The number of benzene rings is 1. The molecule has 2 N–H and O–H groups in total. The lowest BCUT2D eigenvalue weighted by molar-refractivity contribution is 0.811. The Kier molecular flexibility index (Phi) is 3.32. The first-order chi connectivity index (χ1) is 8.49. The van der Waals surface area contributed by atoms with E-state index in [0.29, 0.717) is 5.92 Å². The molecule has 1 aromatic carbocycles. The summed E-state index contributed by atoms with van der Waals surface area (Å²) in [6.07, 6.45) is 0. The van der Waals surface area contributed by atoms with Gasteiger partial charge >= 0.3 is 0 Å². The van der Waals surface area contributed by atoms with Gasteiger partial charge in [-0.25, -0.2) is 9.97 Å². The fourth-order valence-electron chi connectivity index (χ4n) is 1.90. The minimum Gasteiger partial charge on any atom is -0.398 e. The lowest BCUT2D eigenvalue weighted by atomic mass is 10.0. The average Bonchev–Trinajstić information content (AvgIpc) is 2.31. The molecule has 0 bridgehead atoms. The minimum atomic E-state index is 0.395. The van der Waals surface area contributed by atoms with Gasteiger partial charge in [0.1, 0.15) is 0 Å². The second kappa shape index (κ2) is 4.77. The highest BCUT2D eigenvalue weighted by atomic mass is 14.9. The van der Waals surface area contributed by atoms with E-state index in [9.17, 15) is 0 Å². The summed E-state index contributed by atoms with van der Waals surface area (Å²) in [5.74, 6) is 1.16. The monoisotopic (exact) mass is 241 g/mol. The topological polar surface area (TPSA) is 51.8 Å². The number of nitrogens with zero attached hydrogens (tertiary/aromatic N) is 2. The number of rotatable bonds is 2. The molecule has 18 heavy (non-hydrogen) atoms. The van der Waals surface area contributed by atoms with Gasteiger partial charge in [-0.05, 0) is 37.5 Å². The second-order valence-corrected chi connectivity index (χ2v) is 4.93. The Bertz CT molecular complexity index is 574. The van der Waals surface area contributed by atoms with Crippen molar-refractivity contribution in [2.75, 3.05) is 5.73 Å². The van der Waals surface area contributed by atoms with Crippen LogP contribution < -0.4 is 5.73 Å². The Hall–Kier alpha value is -1.90. The van der Waals surface area contributed by atoms with E-state index >= 15 is 0 Å². The summed E-state index contributed by atoms with van der Waals surface area (Å²) in [5, 5.41) is 0. The fourth-order valence-corrected chi connectivity index (χ4v) is 1.90. The van der Waals surface area contributed by atoms with Gasteiger partial charge in [-0.15, -0.1) is 0 Å². The van der Waals surface area contributed by atoms with Gasteiger partial charge in [-0.3, -0.25) is 0 Å². The van der Waals surface area contributed by atoms with Crippen LogP contribution in [0.4, 0.5) is 5.69 Å². The van der Waals surface area contributed by atoms with Gasteiger partial charge in [0.25, 0.3) is 0 Å². The van der Waals surface area contributed by atoms with E-state index in [2.05, 4.69) is 23.8 Å². The summed E-state index contributed by atoms with van der Waals surface area (Å²) in [5.41, 5.74) is 10.8. The van der Waals surface area contributed by atoms with Gasteiger partial charge in [0, 0.05) is 22.6 Å². The zero-order valence-electron chi connectivity index (χ0n) is 11.4. The van der Waals surface area contributed by atoms with Crippen LogP contribution in [0, 0.1) is 13.8 Å². The summed E-state index contributed by atoms with van der Waals surface area (Å²) in [4.78, 5) is 9.16. The lowest BCUT2D eigenvalue weighted by Gasteiger charge is -2.11. The Balaban J connectivity index is 2.60. The van der Waals surface area contributed by atoms with Crippen LogP contribution in [0.1, 0.15) is 36.7 Å². The van der Waals surface area contributed by atoms with Gasteiger partial charge in [0.05, 0.1) is 0 Å². The van der Waals surface area contributed by atoms with Crippen LogP contribution in [0.15, 0.2) is 24.3 Å². The molecule has 0 aliphatic rings. The molecule has 2 aromatic rings. The molecule has 3 nitrogen and oxygen atoms in total. The molecule has 1 heterocycles. The highest BCUT2D eigenvalue weighted by Gasteiger charge is 2.10. The zero-order valence-corrected chi connectivity index (χ0v) is 11.4. The van der Waals surface area contributed by atoms with Crippen LogP contribution in [0.3, 0.4) is 0 Å². The maximum absolute atomic E-state index is 5.94. The molecule has 2 rings (SSSR count). The number of hydrogen-bond donors (Lipinski definition) is 1. The van der Waals surface area contributed by atoms with Crippen molar-refractivity contribution in [2.45, 2.75) is 33.6 Å². The SMILES string of the molecule is Cc1cc(C(C)C)nc(-c2cccc(N)c2C)n1. The Morgan fingerprint density at radius 3 is 2.50 bits per heavy atom. The third-order valence-electron chi connectivity index (χ3n) is 3.08. The molecule has 0 radical (unpaired) electrons. The van der Waals surface area contributed by atoms with Crippen molar-refractivity contribution in [3.05, 3.63) is 41.2 Å². The third kappa shape index (κ3) is 2.35. The summed E-state index contributed by atoms with van der Waals surface area (Å²) in [7, 11) is 0. The van der Waals surface area contributed by atoms with Gasteiger partial charge in [0.2, 0.25) is 0 Å². The van der Waals surface area contributed by atoms with Crippen LogP contribution in [0.5, 0.6) is 0 Å². The number of hydrogen-bond acceptors (Lipinski definition) is 3. The predicted molar refractivity (Wildman–Crippen MR) is 75.4 cm³/mol. The van der Waals surface area contributed by atoms with E-state index in [-0.39, 0.29) is 0 Å². The van der Waals surface area contributed by atoms with Gasteiger partial charge in [-0.1, -0.05) is 26.0 Å². The van der Waals surface area contributed by atoms with E-state index in [4.69, 9.17) is 5.73 Å². The van der Waals surface area contributed by atoms with Gasteiger partial charge in [0.15, 0.2) is 5.82 Å². The minimum absolute atomic E-state index is 0.395. The van der Waals surface area contributed by atoms with Crippen molar-refractivity contribution in [3.8, 4) is 11.4 Å². The molecule has 0 aliphatic heterocycles. The molecule has 0 spiro atoms. The number of anilines is 1. The standard InChI is InChI=1S/C15H19N3/c1-9(2)14-8-10(3)17-15(18-14)12-6-5-7-13(16)11(12)4/h5-9H,16H2,1-4H3. The summed E-state index contributed by atoms with van der Waals surface area (Å²) in [6.45, 7) is 8.28. The van der Waals surface area contributed by atoms with Crippen molar-refractivity contribution >= 4 is 5.69 Å². The first-order valence-electron chi connectivity index (χ1n) is 6.20. The maximum atomic E-state index is 5.94. The van der Waals surface area contributed by atoms with Gasteiger partial charge < -0.3 is 5.73 Å². The second-order valence-electron chi connectivity index (χ2n) is 4.93. The average molecular weight is 241 g/mol. The largest absolute Gasteiger partial charge is 0.398 e. The van der Waals surface area contributed by atoms with Crippen LogP contribution >= 0.6 is 0 Å². The number of aromatic nitrogens is 2. The Morgan fingerprint density at radius 2 is 1.83 bits per heavy atom. The summed E-state index contributed by atoms with van der Waals surface area (Å²) < 4.78 is 0. The fraction of sp³-hybridized carbons (Fsp3) is 0.333. The van der Waals surface area contributed by atoms with Crippen LogP contribution in [0.25, 0.3) is 11.4 Å². The molecule has 0 unspecified atom stereocenters. The molecule has 0 fully saturated rings. The lowest BCUT2D eigenvalue weighted by Crippen LogP contribution is -2.01.